The van der Waals surface area contributed by atoms with Crippen LogP contribution in [0.2, 0.25) is 0 Å². The molecule has 0 unspecified atom stereocenters. The van der Waals surface area contributed by atoms with Gasteiger partial charge in [0.25, 0.3) is 11.6 Å². The number of carbonyl (C=O) groups is 2. The van der Waals surface area contributed by atoms with Crippen LogP contribution in [0.15, 0.2) is 54.7 Å². The molecule has 1 heterocycles. The molecule has 8 nitrogen and oxygen atoms in total. The molecule has 0 bridgehead atoms. The fourth-order valence-corrected chi connectivity index (χ4v) is 2.48. The molecule has 0 atom stereocenters. The zero-order valence-electron chi connectivity index (χ0n) is 13.6. The number of non-ortho nitro benzene ring substituents is 1. The molecule has 0 saturated heterocycles. The summed E-state index contributed by atoms with van der Waals surface area (Å²) in [5, 5.41) is 14.6. The minimum absolute atomic E-state index is 0.0347. The van der Waals surface area contributed by atoms with Gasteiger partial charge in [0, 0.05) is 29.3 Å². The molecule has 0 aliphatic heterocycles. The van der Waals surface area contributed by atoms with Crippen LogP contribution >= 0.6 is 0 Å². The van der Waals surface area contributed by atoms with E-state index in [0.29, 0.717) is 11.2 Å². The van der Waals surface area contributed by atoms with Gasteiger partial charge in [0.1, 0.15) is 0 Å². The number of hydrogen-bond donors (Lipinski definition) is 1. The van der Waals surface area contributed by atoms with Crippen LogP contribution in [0.1, 0.15) is 20.7 Å². The van der Waals surface area contributed by atoms with Crippen molar-refractivity contribution in [2.75, 3.05) is 12.4 Å². The van der Waals surface area contributed by atoms with Gasteiger partial charge in [-0.05, 0) is 18.2 Å². The predicted molar refractivity (Wildman–Crippen MR) is 94.1 cm³/mol. The van der Waals surface area contributed by atoms with Crippen LogP contribution in [0.4, 0.5) is 11.4 Å². The van der Waals surface area contributed by atoms with Crippen molar-refractivity contribution in [1.82, 2.24) is 4.98 Å². The standard InChI is InChI=1S/C18H13N3O5/c1-26-18(23)13-8-12(9-14(10-13)21(24)25)17(22)20-15-6-2-4-11-5-3-7-19-16(11)15/h2-10H,1H3,(H,20,22). The van der Waals surface area contributed by atoms with Crippen LogP contribution in [0.25, 0.3) is 10.9 Å². The molecule has 0 spiro atoms. The van der Waals surface area contributed by atoms with Crippen molar-refractivity contribution in [3.63, 3.8) is 0 Å². The number of nitro benzene ring substituents is 1. The topological polar surface area (TPSA) is 111 Å². The minimum atomic E-state index is -0.769. The van der Waals surface area contributed by atoms with Gasteiger partial charge in [-0.25, -0.2) is 4.79 Å². The molecule has 1 amide bonds. The van der Waals surface area contributed by atoms with Gasteiger partial charge >= 0.3 is 5.97 Å². The number of pyridine rings is 1. The Morgan fingerprint density at radius 1 is 1.12 bits per heavy atom. The number of nitro groups is 1. The van der Waals surface area contributed by atoms with Gasteiger partial charge in [0.2, 0.25) is 0 Å². The van der Waals surface area contributed by atoms with Crippen LogP contribution in [0.5, 0.6) is 0 Å². The van der Waals surface area contributed by atoms with Crippen molar-refractivity contribution < 1.29 is 19.2 Å². The first-order valence-corrected chi connectivity index (χ1v) is 7.52. The van der Waals surface area contributed by atoms with Crippen LogP contribution in [0.3, 0.4) is 0 Å². The van der Waals surface area contributed by atoms with Crippen molar-refractivity contribution in [2.45, 2.75) is 0 Å². The molecule has 0 fully saturated rings. The number of anilines is 1. The molecule has 0 saturated carbocycles. The molecular formula is C18H13N3O5. The Balaban J connectivity index is 2.00. The zero-order valence-corrected chi connectivity index (χ0v) is 13.6. The zero-order chi connectivity index (χ0) is 18.7. The Hall–Kier alpha value is -3.81. The van der Waals surface area contributed by atoms with Gasteiger partial charge in [0.15, 0.2) is 0 Å². The summed E-state index contributed by atoms with van der Waals surface area (Å²) in [6, 6.07) is 12.3. The van der Waals surface area contributed by atoms with Crippen LogP contribution in [0, 0.1) is 10.1 Å². The first-order chi connectivity index (χ1) is 12.5. The Bertz CT molecular complexity index is 1030. The number of para-hydroxylation sites is 1. The number of methoxy groups -OCH3 is 1. The number of nitrogens with zero attached hydrogens (tertiary/aromatic N) is 2. The monoisotopic (exact) mass is 351 g/mol. The van der Waals surface area contributed by atoms with Crippen molar-refractivity contribution in [3.8, 4) is 0 Å². The number of hydrogen-bond acceptors (Lipinski definition) is 6. The van der Waals surface area contributed by atoms with E-state index in [2.05, 4.69) is 15.0 Å². The first kappa shape index (κ1) is 17.0. The maximum absolute atomic E-state index is 12.6. The number of amides is 1. The lowest BCUT2D eigenvalue weighted by Gasteiger charge is -2.09. The van der Waals surface area contributed by atoms with Crippen LogP contribution in [-0.4, -0.2) is 28.9 Å². The summed E-state index contributed by atoms with van der Waals surface area (Å²) in [6.45, 7) is 0. The highest BCUT2D eigenvalue weighted by Crippen LogP contribution is 2.23. The summed E-state index contributed by atoms with van der Waals surface area (Å²) in [7, 11) is 1.16. The molecule has 130 valence electrons. The molecule has 8 heteroatoms. The lowest BCUT2D eigenvalue weighted by atomic mass is 10.1. The van der Waals surface area contributed by atoms with Gasteiger partial charge < -0.3 is 10.1 Å². The molecule has 3 rings (SSSR count). The van der Waals surface area contributed by atoms with Crippen LogP contribution < -0.4 is 5.32 Å². The fraction of sp³-hybridized carbons (Fsp3) is 0.0556. The lowest BCUT2D eigenvalue weighted by molar-refractivity contribution is -0.384. The number of nitrogens with one attached hydrogen (secondary N) is 1. The summed E-state index contributed by atoms with van der Waals surface area (Å²) in [5.41, 5.74) is 0.547. The van der Waals surface area contributed by atoms with Gasteiger partial charge in [-0.15, -0.1) is 0 Å². The molecular weight excluding hydrogens is 338 g/mol. The van der Waals surface area contributed by atoms with E-state index in [4.69, 9.17) is 0 Å². The average Bonchev–Trinajstić information content (AvgIpc) is 2.67. The molecule has 0 aliphatic rings. The SMILES string of the molecule is COC(=O)c1cc(C(=O)Nc2cccc3cccnc23)cc([N+](=O)[O-])c1. The quantitative estimate of drug-likeness (QED) is 0.439. The predicted octanol–water partition coefficient (Wildman–Crippen LogP) is 3.18. The van der Waals surface area contributed by atoms with E-state index in [0.717, 1.165) is 24.6 Å². The van der Waals surface area contributed by atoms with Gasteiger partial charge in [0.05, 0.1) is 28.8 Å². The highest BCUT2D eigenvalue weighted by Gasteiger charge is 2.19. The fourth-order valence-electron chi connectivity index (χ4n) is 2.48. The third-order valence-corrected chi connectivity index (χ3v) is 3.69. The van der Waals surface area contributed by atoms with Gasteiger partial charge in [-0.3, -0.25) is 19.9 Å². The molecule has 3 aromatic rings. The van der Waals surface area contributed by atoms with Crippen molar-refractivity contribution in [3.05, 3.63) is 76.0 Å². The van der Waals surface area contributed by atoms with Crippen molar-refractivity contribution in [2.24, 2.45) is 0 Å². The average molecular weight is 351 g/mol. The van der Waals surface area contributed by atoms with E-state index in [1.807, 2.05) is 12.1 Å². The first-order valence-electron chi connectivity index (χ1n) is 7.52. The number of rotatable bonds is 4. The van der Waals surface area contributed by atoms with E-state index in [9.17, 15) is 19.7 Å². The Kier molecular flexibility index (Phi) is 4.57. The largest absolute Gasteiger partial charge is 0.465 e. The Labute approximate surface area is 147 Å². The third kappa shape index (κ3) is 3.34. The lowest BCUT2D eigenvalue weighted by Crippen LogP contribution is -2.14. The van der Waals surface area contributed by atoms with E-state index >= 15 is 0 Å². The smallest absolute Gasteiger partial charge is 0.338 e. The molecule has 0 aliphatic carbocycles. The molecule has 2 aromatic carbocycles. The van der Waals surface area contributed by atoms with Crippen LogP contribution in [-0.2, 0) is 4.74 Å². The second kappa shape index (κ2) is 6.98. The normalized spacial score (nSPS) is 10.3. The van der Waals surface area contributed by atoms with Gasteiger partial charge in [-0.1, -0.05) is 18.2 Å². The second-order valence-corrected chi connectivity index (χ2v) is 5.35. The second-order valence-electron chi connectivity index (χ2n) is 5.35. The van der Waals surface area contributed by atoms with Crippen molar-refractivity contribution in [1.29, 1.82) is 0 Å². The highest BCUT2D eigenvalue weighted by molar-refractivity contribution is 6.09. The summed E-state index contributed by atoms with van der Waals surface area (Å²) in [5.74, 6) is -1.37. The number of fused-ring (bicyclic) bond motifs is 1. The van der Waals surface area contributed by atoms with E-state index in [1.165, 1.54) is 6.07 Å². The number of aromatic nitrogens is 1. The molecule has 1 aromatic heterocycles. The van der Waals surface area contributed by atoms with E-state index < -0.39 is 16.8 Å². The van der Waals surface area contributed by atoms with Gasteiger partial charge in [-0.2, -0.15) is 0 Å². The number of esters is 1. The van der Waals surface area contributed by atoms with E-state index in [-0.39, 0.29) is 16.8 Å². The number of carbonyl (C=O) groups excluding carboxylic acids is 2. The Morgan fingerprint density at radius 2 is 1.85 bits per heavy atom. The summed E-state index contributed by atoms with van der Waals surface area (Å²) < 4.78 is 4.58. The van der Waals surface area contributed by atoms with Crippen molar-refractivity contribution >= 4 is 34.2 Å². The van der Waals surface area contributed by atoms with E-state index in [1.54, 1.807) is 24.4 Å². The summed E-state index contributed by atoms with van der Waals surface area (Å²) in [6.07, 6.45) is 1.60. The molecule has 1 N–H and O–H groups in total. The highest BCUT2D eigenvalue weighted by atomic mass is 16.6. The molecule has 26 heavy (non-hydrogen) atoms. The number of ether oxygens (including phenoxy) is 1. The maximum atomic E-state index is 12.6. The molecule has 0 radical (unpaired) electrons. The third-order valence-electron chi connectivity index (χ3n) is 3.69. The Morgan fingerprint density at radius 3 is 2.58 bits per heavy atom. The summed E-state index contributed by atoms with van der Waals surface area (Å²) >= 11 is 0. The minimum Gasteiger partial charge on any atom is -0.465 e. The summed E-state index contributed by atoms with van der Waals surface area (Å²) in [4.78, 5) is 38.9. The maximum Gasteiger partial charge on any atom is 0.338 e. The number of benzene rings is 2.